The van der Waals surface area contributed by atoms with Crippen LogP contribution in [0.2, 0.25) is 0 Å². The molecule has 0 aliphatic carbocycles. The summed E-state index contributed by atoms with van der Waals surface area (Å²) in [5, 5.41) is 1.06. The Bertz CT molecular complexity index is 786. The van der Waals surface area contributed by atoms with Gasteiger partial charge in [-0.3, -0.25) is 0 Å². The molecule has 0 fully saturated rings. The van der Waals surface area contributed by atoms with Gasteiger partial charge in [-0.1, -0.05) is 18.2 Å². The van der Waals surface area contributed by atoms with Gasteiger partial charge in [-0.05, 0) is 53.9 Å². The van der Waals surface area contributed by atoms with Crippen LogP contribution in [0.4, 0.5) is 13.2 Å². The van der Waals surface area contributed by atoms with E-state index in [1.165, 1.54) is 12.1 Å². The highest BCUT2D eigenvalue weighted by Crippen LogP contribution is 2.32. The van der Waals surface area contributed by atoms with Crippen molar-refractivity contribution in [2.75, 3.05) is 6.54 Å². The van der Waals surface area contributed by atoms with Gasteiger partial charge in [-0.25, -0.2) is 0 Å². The first-order valence-electron chi connectivity index (χ1n) is 6.97. The molecule has 2 aromatic carbocycles. The van der Waals surface area contributed by atoms with E-state index in [2.05, 4.69) is 4.98 Å². The quantitative estimate of drug-likeness (QED) is 0.742. The lowest BCUT2D eigenvalue weighted by molar-refractivity contribution is -0.137. The van der Waals surface area contributed by atoms with E-state index in [1.807, 2.05) is 24.4 Å². The van der Waals surface area contributed by atoms with Crippen LogP contribution in [0.5, 0.6) is 0 Å². The van der Waals surface area contributed by atoms with Crippen molar-refractivity contribution in [2.24, 2.45) is 5.73 Å². The number of H-pyrrole nitrogens is 1. The fourth-order valence-corrected chi connectivity index (χ4v) is 2.57. The van der Waals surface area contributed by atoms with Crippen LogP contribution in [0.15, 0.2) is 48.7 Å². The van der Waals surface area contributed by atoms with Gasteiger partial charge in [-0.15, -0.1) is 0 Å². The predicted octanol–water partition coefficient (Wildman–Crippen LogP) is 4.35. The van der Waals surface area contributed by atoms with Crippen molar-refractivity contribution in [3.8, 4) is 11.1 Å². The second kappa shape index (κ2) is 5.50. The molecule has 0 saturated heterocycles. The Kier molecular flexibility index (Phi) is 3.66. The molecule has 0 aliphatic rings. The van der Waals surface area contributed by atoms with Gasteiger partial charge in [0.05, 0.1) is 5.56 Å². The van der Waals surface area contributed by atoms with Gasteiger partial charge in [0.1, 0.15) is 0 Å². The number of nitrogens with one attached hydrogen (secondary N) is 1. The van der Waals surface area contributed by atoms with E-state index < -0.39 is 11.7 Å². The molecule has 5 heteroatoms. The van der Waals surface area contributed by atoms with Crippen LogP contribution < -0.4 is 5.73 Å². The summed E-state index contributed by atoms with van der Waals surface area (Å²) in [5.41, 5.74) is 8.72. The van der Waals surface area contributed by atoms with Gasteiger partial charge in [0.2, 0.25) is 0 Å². The highest BCUT2D eigenvalue weighted by atomic mass is 19.4. The maximum absolute atomic E-state index is 12.6. The second-order valence-corrected chi connectivity index (χ2v) is 5.19. The molecule has 0 aliphatic heterocycles. The smallest absolute Gasteiger partial charge is 0.361 e. The summed E-state index contributed by atoms with van der Waals surface area (Å²) in [5.74, 6) is 0. The van der Waals surface area contributed by atoms with E-state index in [1.54, 1.807) is 0 Å². The van der Waals surface area contributed by atoms with Crippen molar-refractivity contribution >= 4 is 10.9 Å². The van der Waals surface area contributed by atoms with Crippen molar-refractivity contribution in [3.63, 3.8) is 0 Å². The first-order valence-corrected chi connectivity index (χ1v) is 6.97. The molecule has 1 aromatic heterocycles. The number of hydrogen-bond acceptors (Lipinski definition) is 1. The highest BCUT2D eigenvalue weighted by molar-refractivity contribution is 5.88. The van der Waals surface area contributed by atoms with Crippen molar-refractivity contribution < 1.29 is 13.2 Å². The van der Waals surface area contributed by atoms with E-state index in [0.29, 0.717) is 6.54 Å². The first-order chi connectivity index (χ1) is 10.5. The lowest BCUT2D eigenvalue weighted by Gasteiger charge is -2.08. The molecular weight excluding hydrogens is 289 g/mol. The summed E-state index contributed by atoms with van der Waals surface area (Å²) in [6.45, 7) is 0.553. The van der Waals surface area contributed by atoms with Crippen molar-refractivity contribution in [1.82, 2.24) is 4.98 Å². The number of aromatic amines is 1. The maximum atomic E-state index is 12.6. The Morgan fingerprint density at radius 1 is 0.955 bits per heavy atom. The number of aromatic nitrogens is 1. The summed E-state index contributed by atoms with van der Waals surface area (Å²) in [4.78, 5) is 3.18. The van der Waals surface area contributed by atoms with Crippen LogP contribution in [0.3, 0.4) is 0 Å². The molecule has 22 heavy (non-hydrogen) atoms. The number of hydrogen-bond donors (Lipinski definition) is 2. The molecule has 0 unspecified atom stereocenters. The van der Waals surface area contributed by atoms with Gasteiger partial charge < -0.3 is 10.7 Å². The Balaban J connectivity index is 2.00. The molecule has 1 heterocycles. The minimum Gasteiger partial charge on any atom is -0.361 e. The SMILES string of the molecule is NCCc1c[nH]c2ccc(-c3ccc(C(F)(F)F)cc3)cc12. The van der Waals surface area contributed by atoms with Crippen LogP contribution in [-0.4, -0.2) is 11.5 Å². The zero-order valence-corrected chi connectivity index (χ0v) is 11.7. The number of nitrogens with two attached hydrogens (primary N) is 1. The molecule has 0 bridgehead atoms. The molecule has 2 nitrogen and oxygen atoms in total. The summed E-state index contributed by atoms with van der Waals surface area (Å²) >= 11 is 0. The van der Waals surface area contributed by atoms with Crippen molar-refractivity contribution in [1.29, 1.82) is 0 Å². The summed E-state index contributed by atoms with van der Waals surface area (Å²) in [7, 11) is 0. The maximum Gasteiger partial charge on any atom is 0.416 e. The standard InChI is InChI=1S/C17H15F3N2/c18-17(19,20)14-4-1-11(2-5-14)12-3-6-16-15(9-12)13(7-8-21)10-22-16/h1-6,9-10,22H,7-8,21H2. The zero-order chi connectivity index (χ0) is 15.7. The van der Waals surface area contributed by atoms with Crippen LogP contribution in [0, 0.1) is 0 Å². The minimum atomic E-state index is -4.31. The molecule has 3 aromatic rings. The Hall–Kier alpha value is -2.27. The van der Waals surface area contributed by atoms with E-state index >= 15 is 0 Å². The predicted molar refractivity (Wildman–Crippen MR) is 81.5 cm³/mol. The topological polar surface area (TPSA) is 41.8 Å². The summed E-state index contributed by atoms with van der Waals surface area (Å²) < 4.78 is 37.8. The zero-order valence-electron chi connectivity index (χ0n) is 11.7. The normalized spacial score (nSPS) is 12.0. The lowest BCUT2D eigenvalue weighted by atomic mass is 10.0. The average Bonchev–Trinajstić information content (AvgIpc) is 2.89. The van der Waals surface area contributed by atoms with Crippen molar-refractivity contribution in [3.05, 3.63) is 59.8 Å². The molecule has 0 saturated carbocycles. The second-order valence-electron chi connectivity index (χ2n) is 5.19. The number of halogens is 3. The molecule has 0 atom stereocenters. The van der Waals surface area contributed by atoms with Gasteiger partial charge >= 0.3 is 6.18 Å². The third kappa shape index (κ3) is 2.72. The molecular formula is C17H15F3N2. The monoisotopic (exact) mass is 304 g/mol. The van der Waals surface area contributed by atoms with Gasteiger partial charge in [0, 0.05) is 17.1 Å². The summed E-state index contributed by atoms with van der Waals surface area (Å²) in [6.07, 6.45) is -1.62. The molecule has 0 amide bonds. The number of benzene rings is 2. The van der Waals surface area contributed by atoms with Gasteiger partial charge in [-0.2, -0.15) is 13.2 Å². The lowest BCUT2D eigenvalue weighted by Crippen LogP contribution is -2.04. The van der Waals surface area contributed by atoms with Crippen LogP contribution >= 0.6 is 0 Å². The average molecular weight is 304 g/mol. The molecule has 0 spiro atoms. The third-order valence-corrected chi connectivity index (χ3v) is 3.73. The van der Waals surface area contributed by atoms with Crippen LogP contribution in [0.25, 0.3) is 22.0 Å². The molecule has 3 N–H and O–H groups in total. The number of fused-ring (bicyclic) bond motifs is 1. The Labute approximate surface area is 125 Å². The Morgan fingerprint density at radius 3 is 2.27 bits per heavy atom. The highest BCUT2D eigenvalue weighted by Gasteiger charge is 2.29. The van der Waals surface area contributed by atoms with Crippen molar-refractivity contribution in [2.45, 2.75) is 12.6 Å². The molecule has 114 valence electrons. The number of alkyl halides is 3. The van der Waals surface area contributed by atoms with Crippen LogP contribution in [-0.2, 0) is 12.6 Å². The first kappa shape index (κ1) is 14.7. The van der Waals surface area contributed by atoms with Gasteiger partial charge in [0.25, 0.3) is 0 Å². The van der Waals surface area contributed by atoms with E-state index in [-0.39, 0.29) is 0 Å². The summed E-state index contributed by atoms with van der Waals surface area (Å²) in [6, 6.07) is 11.0. The number of rotatable bonds is 3. The molecule has 3 rings (SSSR count). The Morgan fingerprint density at radius 2 is 1.64 bits per heavy atom. The fraction of sp³-hybridized carbons (Fsp3) is 0.176. The van der Waals surface area contributed by atoms with E-state index in [4.69, 9.17) is 5.73 Å². The van der Waals surface area contributed by atoms with E-state index in [9.17, 15) is 13.2 Å². The molecule has 0 radical (unpaired) electrons. The fourth-order valence-electron chi connectivity index (χ4n) is 2.57. The minimum absolute atomic E-state index is 0.553. The van der Waals surface area contributed by atoms with Crippen LogP contribution in [0.1, 0.15) is 11.1 Å². The van der Waals surface area contributed by atoms with E-state index in [0.717, 1.165) is 46.1 Å². The largest absolute Gasteiger partial charge is 0.416 e. The third-order valence-electron chi connectivity index (χ3n) is 3.73. The van der Waals surface area contributed by atoms with Gasteiger partial charge in [0.15, 0.2) is 0 Å².